The largest absolute Gasteiger partial charge is 0.365 e. The molecule has 0 radical (unpaired) electrons. The molecule has 26 heavy (non-hydrogen) atoms. The monoisotopic (exact) mass is 372 g/mol. The Hall–Kier alpha value is -2.51. The maximum absolute atomic E-state index is 13.6. The maximum atomic E-state index is 13.6. The molecule has 0 fully saturated rings. The number of hydrogen-bond acceptors (Lipinski definition) is 4. The van der Waals surface area contributed by atoms with Crippen molar-refractivity contribution in [2.24, 2.45) is 18.5 Å². The fraction of sp³-hybridized carbons (Fsp3) is 0.263. The average molecular weight is 372 g/mol. The summed E-state index contributed by atoms with van der Waals surface area (Å²) in [4.78, 5) is 13.6. The van der Waals surface area contributed by atoms with Gasteiger partial charge in [0.1, 0.15) is 5.82 Å². The van der Waals surface area contributed by atoms with Crippen LogP contribution in [0.3, 0.4) is 0 Å². The highest BCUT2D eigenvalue weighted by Gasteiger charge is 2.27. The Kier molecular flexibility index (Phi) is 5.20. The standard InChI is InChI=1S/C19H21FN4OS/c1-11-16(15-6-7-23-24(15)2)17(18(26-11)19(22)25)13(10-21)8-12-4-3-5-14(20)9-12/h3-7,9,13H,8,10,21H2,1-2H3,(H2,22,25)/t13-/m1/s1. The predicted octanol–water partition coefficient (Wildman–Crippen LogP) is 2.98. The number of rotatable bonds is 6. The lowest BCUT2D eigenvalue weighted by molar-refractivity contribution is 0.100. The first-order valence-electron chi connectivity index (χ1n) is 8.28. The molecule has 1 atom stereocenters. The van der Waals surface area contributed by atoms with Gasteiger partial charge in [-0.1, -0.05) is 12.1 Å². The SMILES string of the molecule is Cc1sc(C(N)=O)c([C@@H](CN)Cc2cccc(F)c2)c1-c1ccnn1C. The maximum Gasteiger partial charge on any atom is 0.259 e. The molecule has 3 rings (SSSR count). The minimum absolute atomic E-state index is 0.158. The molecule has 0 bridgehead atoms. The van der Waals surface area contributed by atoms with Gasteiger partial charge in [0.25, 0.3) is 5.91 Å². The number of nitrogens with zero attached hydrogens (tertiary/aromatic N) is 2. The van der Waals surface area contributed by atoms with E-state index in [0.29, 0.717) is 17.8 Å². The minimum Gasteiger partial charge on any atom is -0.365 e. The summed E-state index contributed by atoms with van der Waals surface area (Å²) < 4.78 is 15.3. The molecule has 0 saturated heterocycles. The minimum atomic E-state index is -0.473. The summed E-state index contributed by atoms with van der Waals surface area (Å²) in [5.74, 6) is -0.921. The van der Waals surface area contributed by atoms with Crippen LogP contribution in [0.15, 0.2) is 36.5 Å². The van der Waals surface area contributed by atoms with E-state index in [0.717, 1.165) is 27.3 Å². The summed E-state index contributed by atoms with van der Waals surface area (Å²) in [6.07, 6.45) is 2.24. The molecule has 0 aliphatic heterocycles. The number of aromatic nitrogens is 2. The van der Waals surface area contributed by atoms with Crippen molar-refractivity contribution in [3.8, 4) is 11.3 Å². The number of benzene rings is 1. The molecule has 4 N–H and O–H groups in total. The van der Waals surface area contributed by atoms with Crippen LogP contribution in [0.1, 0.15) is 31.6 Å². The number of halogens is 1. The molecule has 2 aromatic heterocycles. The fourth-order valence-corrected chi connectivity index (χ4v) is 4.43. The van der Waals surface area contributed by atoms with E-state index < -0.39 is 5.91 Å². The van der Waals surface area contributed by atoms with Crippen molar-refractivity contribution < 1.29 is 9.18 Å². The summed E-state index contributed by atoms with van der Waals surface area (Å²) in [6, 6.07) is 8.34. The van der Waals surface area contributed by atoms with E-state index in [1.807, 2.05) is 26.1 Å². The van der Waals surface area contributed by atoms with Crippen LogP contribution in [0.4, 0.5) is 4.39 Å². The second-order valence-corrected chi connectivity index (χ2v) is 7.47. The van der Waals surface area contributed by atoms with Gasteiger partial charge in [0.15, 0.2) is 0 Å². The van der Waals surface area contributed by atoms with Crippen LogP contribution < -0.4 is 11.5 Å². The first kappa shape index (κ1) is 18.3. The smallest absolute Gasteiger partial charge is 0.259 e. The molecule has 136 valence electrons. The summed E-state index contributed by atoms with van der Waals surface area (Å²) in [7, 11) is 1.85. The van der Waals surface area contributed by atoms with E-state index in [1.54, 1.807) is 16.9 Å². The van der Waals surface area contributed by atoms with Crippen molar-refractivity contribution in [3.05, 3.63) is 63.2 Å². The lowest BCUT2D eigenvalue weighted by Gasteiger charge is -2.18. The summed E-state index contributed by atoms with van der Waals surface area (Å²) in [6.45, 7) is 2.27. The Morgan fingerprint density at radius 3 is 2.73 bits per heavy atom. The molecule has 0 spiro atoms. The van der Waals surface area contributed by atoms with Crippen molar-refractivity contribution >= 4 is 17.2 Å². The van der Waals surface area contributed by atoms with E-state index in [-0.39, 0.29) is 11.7 Å². The number of primary amides is 1. The van der Waals surface area contributed by atoms with Gasteiger partial charge in [-0.3, -0.25) is 9.48 Å². The molecular weight excluding hydrogens is 351 g/mol. The van der Waals surface area contributed by atoms with Crippen LogP contribution in [0, 0.1) is 12.7 Å². The van der Waals surface area contributed by atoms with Crippen LogP contribution in [0.2, 0.25) is 0 Å². The number of carbonyl (C=O) groups excluding carboxylic acids is 1. The van der Waals surface area contributed by atoms with Crippen LogP contribution >= 0.6 is 11.3 Å². The zero-order valence-electron chi connectivity index (χ0n) is 14.7. The molecule has 0 unspecified atom stereocenters. The van der Waals surface area contributed by atoms with Gasteiger partial charge < -0.3 is 11.5 Å². The van der Waals surface area contributed by atoms with Gasteiger partial charge in [-0.2, -0.15) is 5.10 Å². The van der Waals surface area contributed by atoms with E-state index >= 15 is 0 Å². The number of nitrogens with two attached hydrogens (primary N) is 2. The molecule has 1 amide bonds. The quantitative estimate of drug-likeness (QED) is 0.697. The Morgan fingerprint density at radius 1 is 1.38 bits per heavy atom. The van der Waals surface area contributed by atoms with Crippen molar-refractivity contribution in [1.82, 2.24) is 9.78 Å². The highest BCUT2D eigenvalue weighted by Crippen LogP contribution is 2.41. The average Bonchev–Trinajstić information content (AvgIpc) is 3.15. The van der Waals surface area contributed by atoms with Gasteiger partial charge in [0.2, 0.25) is 0 Å². The number of thiophene rings is 1. The number of hydrogen-bond donors (Lipinski definition) is 2. The first-order valence-corrected chi connectivity index (χ1v) is 9.10. The van der Waals surface area contributed by atoms with Crippen molar-refractivity contribution in [2.75, 3.05) is 6.54 Å². The summed E-state index contributed by atoms with van der Waals surface area (Å²) in [5, 5.41) is 4.23. The molecule has 3 aromatic rings. The summed E-state index contributed by atoms with van der Waals surface area (Å²) >= 11 is 1.37. The predicted molar refractivity (Wildman–Crippen MR) is 102 cm³/mol. The second-order valence-electron chi connectivity index (χ2n) is 6.25. The Morgan fingerprint density at radius 2 is 2.15 bits per heavy atom. The first-order chi connectivity index (χ1) is 12.4. The molecular formula is C19H21FN4OS. The third kappa shape index (κ3) is 3.40. The molecule has 0 aliphatic rings. The van der Waals surface area contributed by atoms with Crippen LogP contribution in [-0.4, -0.2) is 22.2 Å². The van der Waals surface area contributed by atoms with Gasteiger partial charge >= 0.3 is 0 Å². The normalized spacial score (nSPS) is 12.3. The van der Waals surface area contributed by atoms with Gasteiger partial charge in [-0.05, 0) is 49.2 Å². The zero-order valence-corrected chi connectivity index (χ0v) is 15.5. The Bertz CT molecular complexity index is 947. The Balaban J connectivity index is 2.14. The van der Waals surface area contributed by atoms with Gasteiger partial charge in [0, 0.05) is 29.6 Å². The third-order valence-corrected chi connectivity index (χ3v) is 5.62. The van der Waals surface area contributed by atoms with Crippen LogP contribution in [0.25, 0.3) is 11.3 Å². The summed E-state index contributed by atoms with van der Waals surface area (Å²) in [5.41, 5.74) is 15.2. The topological polar surface area (TPSA) is 86.9 Å². The zero-order chi connectivity index (χ0) is 18.8. The molecule has 0 aliphatic carbocycles. The van der Waals surface area contributed by atoms with Gasteiger partial charge in [0.05, 0.1) is 10.6 Å². The number of carbonyl (C=O) groups is 1. The van der Waals surface area contributed by atoms with Crippen LogP contribution in [0.5, 0.6) is 0 Å². The molecule has 0 saturated carbocycles. The highest BCUT2D eigenvalue weighted by atomic mass is 32.1. The van der Waals surface area contributed by atoms with Gasteiger partial charge in [-0.15, -0.1) is 11.3 Å². The third-order valence-electron chi connectivity index (χ3n) is 4.49. The highest BCUT2D eigenvalue weighted by molar-refractivity contribution is 7.14. The molecule has 5 nitrogen and oxygen atoms in total. The van der Waals surface area contributed by atoms with Crippen LogP contribution in [-0.2, 0) is 13.5 Å². The Labute approximate surface area is 155 Å². The van der Waals surface area contributed by atoms with E-state index in [1.165, 1.54) is 23.5 Å². The van der Waals surface area contributed by atoms with E-state index in [2.05, 4.69) is 5.10 Å². The van der Waals surface area contributed by atoms with Crippen molar-refractivity contribution in [2.45, 2.75) is 19.3 Å². The molecule has 2 heterocycles. The van der Waals surface area contributed by atoms with E-state index in [4.69, 9.17) is 11.5 Å². The molecule has 1 aromatic carbocycles. The number of amides is 1. The van der Waals surface area contributed by atoms with Gasteiger partial charge in [-0.25, -0.2) is 4.39 Å². The number of aryl methyl sites for hydroxylation is 2. The lowest BCUT2D eigenvalue weighted by atomic mass is 9.87. The second kappa shape index (κ2) is 7.39. The van der Waals surface area contributed by atoms with Crippen molar-refractivity contribution in [3.63, 3.8) is 0 Å². The van der Waals surface area contributed by atoms with Crippen molar-refractivity contribution in [1.29, 1.82) is 0 Å². The molecule has 7 heteroatoms. The van der Waals surface area contributed by atoms with E-state index in [9.17, 15) is 9.18 Å². The lowest BCUT2D eigenvalue weighted by Crippen LogP contribution is -2.20. The fourth-order valence-electron chi connectivity index (χ4n) is 3.32.